The Balaban J connectivity index is 2.60. The second-order valence-corrected chi connectivity index (χ2v) is 4.08. The van der Waals surface area contributed by atoms with E-state index >= 15 is 0 Å². The van der Waals surface area contributed by atoms with Crippen molar-refractivity contribution >= 4 is 5.71 Å². The van der Waals surface area contributed by atoms with Crippen molar-refractivity contribution < 1.29 is 9.57 Å². The Morgan fingerprint density at radius 2 is 1.89 bits per heavy atom. The Bertz CT molecular complexity index is 588. The Kier molecular flexibility index (Phi) is 3.85. The van der Waals surface area contributed by atoms with Crippen LogP contribution in [0.25, 0.3) is 5.69 Å². The Labute approximate surface area is 112 Å². The van der Waals surface area contributed by atoms with Crippen LogP contribution in [0.1, 0.15) is 18.2 Å². The number of nitrogens with zero attached hydrogens (tertiary/aromatic N) is 3. The summed E-state index contributed by atoms with van der Waals surface area (Å²) in [5, 5.41) is 8.46. The molecule has 0 unspecified atom stereocenters. The number of hydrogen-bond donors (Lipinski definition) is 0. The van der Waals surface area contributed by atoms with Gasteiger partial charge in [-0.2, -0.15) is 5.10 Å². The number of para-hydroxylation sites is 1. The summed E-state index contributed by atoms with van der Waals surface area (Å²) >= 11 is 0. The van der Waals surface area contributed by atoms with Gasteiger partial charge in [0.2, 0.25) is 5.88 Å². The van der Waals surface area contributed by atoms with E-state index in [1.807, 2.05) is 44.2 Å². The van der Waals surface area contributed by atoms with Crippen molar-refractivity contribution in [3.05, 3.63) is 41.6 Å². The van der Waals surface area contributed by atoms with Gasteiger partial charge in [-0.25, -0.2) is 4.68 Å². The Morgan fingerprint density at radius 1 is 1.21 bits per heavy atom. The van der Waals surface area contributed by atoms with Gasteiger partial charge < -0.3 is 9.57 Å². The van der Waals surface area contributed by atoms with Crippen molar-refractivity contribution in [3.8, 4) is 11.6 Å². The third kappa shape index (κ3) is 2.45. The van der Waals surface area contributed by atoms with Crippen LogP contribution in [0.3, 0.4) is 0 Å². The van der Waals surface area contributed by atoms with Crippen LogP contribution >= 0.6 is 0 Å². The average molecular weight is 259 g/mol. The second kappa shape index (κ2) is 5.56. The standard InChI is InChI=1S/C14H17N3O2/c1-10-13(11(2)16-19-4)14(18-3)17(15-10)12-8-6-5-7-9-12/h5-9H,1-4H3/b16-11-. The third-order valence-corrected chi connectivity index (χ3v) is 2.80. The molecule has 0 aliphatic heterocycles. The highest BCUT2D eigenvalue weighted by atomic mass is 16.6. The largest absolute Gasteiger partial charge is 0.480 e. The fraction of sp³-hybridized carbons (Fsp3) is 0.286. The predicted molar refractivity (Wildman–Crippen MR) is 74.1 cm³/mol. The molecule has 2 rings (SSSR count). The highest BCUT2D eigenvalue weighted by Crippen LogP contribution is 2.26. The minimum Gasteiger partial charge on any atom is -0.480 e. The van der Waals surface area contributed by atoms with Gasteiger partial charge in [-0.1, -0.05) is 23.4 Å². The van der Waals surface area contributed by atoms with E-state index in [0.29, 0.717) is 5.88 Å². The maximum Gasteiger partial charge on any atom is 0.226 e. The molecule has 1 heterocycles. The first-order valence-electron chi connectivity index (χ1n) is 5.96. The number of rotatable bonds is 4. The molecule has 5 heteroatoms. The molecule has 0 aliphatic carbocycles. The molecule has 0 amide bonds. The molecule has 0 atom stereocenters. The van der Waals surface area contributed by atoms with E-state index in [1.165, 1.54) is 7.11 Å². The quantitative estimate of drug-likeness (QED) is 0.626. The fourth-order valence-corrected chi connectivity index (χ4v) is 2.04. The Hall–Kier alpha value is -2.30. The van der Waals surface area contributed by atoms with Crippen LogP contribution in [0, 0.1) is 6.92 Å². The first-order valence-corrected chi connectivity index (χ1v) is 5.96. The van der Waals surface area contributed by atoms with E-state index in [4.69, 9.17) is 9.57 Å². The topological polar surface area (TPSA) is 48.6 Å². The van der Waals surface area contributed by atoms with E-state index in [0.717, 1.165) is 22.7 Å². The number of oxime groups is 1. The lowest BCUT2D eigenvalue weighted by molar-refractivity contribution is 0.213. The highest BCUT2D eigenvalue weighted by molar-refractivity contribution is 6.01. The number of aromatic nitrogens is 2. The molecule has 100 valence electrons. The molecule has 1 aromatic heterocycles. The molecular formula is C14H17N3O2. The molecule has 0 fully saturated rings. The van der Waals surface area contributed by atoms with Crippen LogP contribution < -0.4 is 4.74 Å². The molecule has 0 spiro atoms. The zero-order valence-corrected chi connectivity index (χ0v) is 11.5. The predicted octanol–water partition coefficient (Wildman–Crippen LogP) is 2.56. The molecule has 0 N–H and O–H groups in total. The lowest BCUT2D eigenvalue weighted by Crippen LogP contribution is -2.03. The molecule has 19 heavy (non-hydrogen) atoms. The summed E-state index contributed by atoms with van der Waals surface area (Å²) in [5.41, 5.74) is 3.38. The SMILES string of the molecule is CO/N=C(/C)c1c(C)nn(-c2ccccc2)c1OC. The van der Waals surface area contributed by atoms with E-state index < -0.39 is 0 Å². The van der Waals surface area contributed by atoms with Gasteiger partial charge in [-0.05, 0) is 26.0 Å². The van der Waals surface area contributed by atoms with Gasteiger partial charge in [0.25, 0.3) is 0 Å². The minimum absolute atomic E-state index is 0.655. The maximum atomic E-state index is 5.48. The zero-order valence-electron chi connectivity index (χ0n) is 11.5. The van der Waals surface area contributed by atoms with E-state index in [-0.39, 0.29) is 0 Å². The van der Waals surface area contributed by atoms with Gasteiger partial charge in [0, 0.05) is 0 Å². The van der Waals surface area contributed by atoms with Gasteiger partial charge in [0.05, 0.1) is 29.8 Å². The summed E-state index contributed by atoms with van der Waals surface area (Å²) in [4.78, 5) is 4.82. The smallest absolute Gasteiger partial charge is 0.226 e. The summed E-state index contributed by atoms with van der Waals surface area (Å²) in [6, 6.07) is 9.83. The molecule has 5 nitrogen and oxygen atoms in total. The van der Waals surface area contributed by atoms with Gasteiger partial charge >= 0.3 is 0 Å². The van der Waals surface area contributed by atoms with Gasteiger partial charge in [-0.3, -0.25) is 0 Å². The van der Waals surface area contributed by atoms with Gasteiger partial charge in [0.1, 0.15) is 7.11 Å². The van der Waals surface area contributed by atoms with Gasteiger partial charge in [0.15, 0.2) is 0 Å². The molecule has 0 saturated carbocycles. The monoisotopic (exact) mass is 259 g/mol. The molecule has 0 saturated heterocycles. The van der Waals surface area contributed by atoms with Crippen LogP contribution in [0.2, 0.25) is 0 Å². The molecular weight excluding hydrogens is 242 g/mol. The molecule has 0 radical (unpaired) electrons. The van der Waals surface area contributed by atoms with E-state index in [1.54, 1.807) is 11.8 Å². The van der Waals surface area contributed by atoms with Crippen LogP contribution in [0.4, 0.5) is 0 Å². The van der Waals surface area contributed by atoms with Crippen molar-refractivity contribution in [1.82, 2.24) is 9.78 Å². The second-order valence-electron chi connectivity index (χ2n) is 4.08. The number of methoxy groups -OCH3 is 1. The number of hydrogen-bond acceptors (Lipinski definition) is 4. The average Bonchev–Trinajstić information content (AvgIpc) is 2.76. The Morgan fingerprint density at radius 3 is 2.47 bits per heavy atom. The van der Waals surface area contributed by atoms with Gasteiger partial charge in [-0.15, -0.1) is 0 Å². The summed E-state index contributed by atoms with van der Waals surface area (Å²) in [6.45, 7) is 3.79. The first kappa shape index (κ1) is 13.1. The normalized spacial score (nSPS) is 11.5. The number of benzene rings is 1. The summed E-state index contributed by atoms with van der Waals surface area (Å²) in [5.74, 6) is 0.655. The summed E-state index contributed by atoms with van der Waals surface area (Å²) in [6.07, 6.45) is 0. The highest BCUT2D eigenvalue weighted by Gasteiger charge is 2.19. The van der Waals surface area contributed by atoms with Crippen molar-refractivity contribution in [2.45, 2.75) is 13.8 Å². The molecule has 0 aliphatic rings. The lowest BCUT2D eigenvalue weighted by Gasteiger charge is -2.07. The van der Waals surface area contributed by atoms with Crippen LogP contribution in [0.5, 0.6) is 5.88 Å². The third-order valence-electron chi connectivity index (χ3n) is 2.80. The lowest BCUT2D eigenvalue weighted by atomic mass is 10.2. The first-order chi connectivity index (χ1) is 9.19. The molecule has 0 bridgehead atoms. The van der Waals surface area contributed by atoms with E-state index in [9.17, 15) is 0 Å². The molecule has 2 aromatic rings. The van der Waals surface area contributed by atoms with Crippen LogP contribution in [-0.4, -0.2) is 29.7 Å². The van der Waals surface area contributed by atoms with Crippen LogP contribution in [0.15, 0.2) is 35.5 Å². The molecule has 1 aromatic carbocycles. The summed E-state index contributed by atoms with van der Waals surface area (Å²) in [7, 11) is 3.15. The summed E-state index contributed by atoms with van der Waals surface area (Å²) < 4.78 is 7.25. The minimum atomic E-state index is 0.655. The van der Waals surface area contributed by atoms with Crippen molar-refractivity contribution in [2.75, 3.05) is 14.2 Å². The van der Waals surface area contributed by atoms with Crippen molar-refractivity contribution in [3.63, 3.8) is 0 Å². The van der Waals surface area contributed by atoms with E-state index in [2.05, 4.69) is 10.3 Å². The maximum absolute atomic E-state index is 5.48. The van der Waals surface area contributed by atoms with Crippen molar-refractivity contribution in [2.24, 2.45) is 5.16 Å². The van der Waals surface area contributed by atoms with Crippen molar-refractivity contribution in [1.29, 1.82) is 0 Å². The zero-order chi connectivity index (χ0) is 13.8. The number of ether oxygens (including phenoxy) is 1. The van der Waals surface area contributed by atoms with Crippen LogP contribution in [-0.2, 0) is 4.84 Å². The fourth-order valence-electron chi connectivity index (χ4n) is 2.04. The number of aryl methyl sites for hydroxylation is 1.